The lowest BCUT2D eigenvalue weighted by atomic mass is 10.1. The van der Waals surface area contributed by atoms with Gasteiger partial charge in [-0.1, -0.05) is 30.3 Å². The molecule has 0 bridgehead atoms. The summed E-state index contributed by atoms with van der Waals surface area (Å²) in [5.74, 6) is 0.678. The van der Waals surface area contributed by atoms with Crippen LogP contribution >= 0.6 is 23.2 Å². The summed E-state index contributed by atoms with van der Waals surface area (Å²) in [7, 11) is 0. The van der Waals surface area contributed by atoms with E-state index in [1.54, 1.807) is 18.2 Å². The third kappa shape index (κ3) is 4.86. The number of carbonyl (C=O) groups is 2. The second-order valence-electron chi connectivity index (χ2n) is 4.72. The Morgan fingerprint density at radius 1 is 0.955 bits per heavy atom. The molecule has 0 N–H and O–H groups in total. The van der Waals surface area contributed by atoms with Gasteiger partial charge in [-0.15, -0.1) is 0 Å². The molecule has 0 saturated carbocycles. The van der Waals surface area contributed by atoms with E-state index in [2.05, 4.69) is 0 Å². The number of aryl methyl sites for hydroxylation is 1. The van der Waals surface area contributed by atoms with Crippen molar-refractivity contribution in [2.75, 3.05) is 0 Å². The molecular weight excluding hydrogens is 323 g/mol. The first-order valence-electron chi connectivity index (χ1n) is 6.74. The molecule has 0 heterocycles. The molecule has 3 nitrogen and oxygen atoms in total. The summed E-state index contributed by atoms with van der Waals surface area (Å²) in [4.78, 5) is 22.1. The number of benzene rings is 2. The first-order valence-corrected chi connectivity index (χ1v) is 7.49. The van der Waals surface area contributed by atoms with Crippen LogP contribution in [0.25, 0.3) is 0 Å². The Morgan fingerprint density at radius 2 is 1.64 bits per heavy atom. The summed E-state index contributed by atoms with van der Waals surface area (Å²) in [6, 6.07) is 14.5. The Labute approximate surface area is 138 Å². The molecule has 0 aromatic heterocycles. The maximum absolute atomic E-state index is 11.3. The lowest BCUT2D eigenvalue weighted by molar-refractivity contribution is -0.111. The van der Waals surface area contributed by atoms with Crippen molar-refractivity contribution in [2.24, 2.45) is 0 Å². The summed E-state index contributed by atoms with van der Waals surface area (Å²) in [6.45, 7) is 0.258. The quantitative estimate of drug-likeness (QED) is 0.706. The van der Waals surface area contributed by atoms with Gasteiger partial charge in [0.1, 0.15) is 12.4 Å². The van der Waals surface area contributed by atoms with Crippen molar-refractivity contribution in [3.8, 4) is 5.75 Å². The minimum Gasteiger partial charge on any atom is -0.489 e. The number of hydrogen-bond donors (Lipinski definition) is 0. The van der Waals surface area contributed by atoms with Crippen LogP contribution < -0.4 is 4.74 Å². The molecule has 0 aliphatic heterocycles. The highest BCUT2D eigenvalue weighted by molar-refractivity contribution is 6.67. The smallest absolute Gasteiger partial charge is 0.252 e. The van der Waals surface area contributed by atoms with Crippen molar-refractivity contribution in [1.82, 2.24) is 0 Å². The fourth-order valence-corrected chi connectivity index (χ4v) is 2.27. The van der Waals surface area contributed by atoms with E-state index in [1.165, 1.54) is 0 Å². The van der Waals surface area contributed by atoms with E-state index in [0.717, 1.165) is 11.1 Å². The molecule has 0 amide bonds. The van der Waals surface area contributed by atoms with E-state index in [4.69, 9.17) is 27.9 Å². The van der Waals surface area contributed by atoms with Crippen molar-refractivity contribution in [3.05, 3.63) is 65.2 Å². The third-order valence-electron chi connectivity index (χ3n) is 3.16. The third-order valence-corrected chi connectivity index (χ3v) is 3.55. The standard InChI is InChI=1S/C17H14Cl2O3/c18-16(20)10-7-12-5-8-14(9-6-12)22-11-13-3-1-2-4-15(13)17(19)21/h1-6,8-9H,7,10-11H2. The lowest BCUT2D eigenvalue weighted by Crippen LogP contribution is -2.02. The van der Waals surface area contributed by atoms with Crippen LogP contribution in [-0.2, 0) is 17.8 Å². The van der Waals surface area contributed by atoms with Crippen molar-refractivity contribution < 1.29 is 14.3 Å². The predicted octanol–water partition coefficient (Wildman–Crippen LogP) is 4.34. The van der Waals surface area contributed by atoms with E-state index in [0.29, 0.717) is 24.2 Å². The van der Waals surface area contributed by atoms with E-state index in [9.17, 15) is 9.59 Å². The summed E-state index contributed by atoms with van der Waals surface area (Å²) in [6.07, 6.45) is 0.916. The highest BCUT2D eigenvalue weighted by Crippen LogP contribution is 2.18. The molecule has 0 aliphatic carbocycles. The van der Waals surface area contributed by atoms with Gasteiger partial charge in [0, 0.05) is 17.5 Å². The molecule has 2 rings (SSSR count). The van der Waals surface area contributed by atoms with E-state index in [1.807, 2.05) is 30.3 Å². The maximum Gasteiger partial charge on any atom is 0.252 e. The molecule has 0 radical (unpaired) electrons. The van der Waals surface area contributed by atoms with Gasteiger partial charge >= 0.3 is 0 Å². The average Bonchev–Trinajstić information content (AvgIpc) is 2.52. The average molecular weight is 337 g/mol. The molecule has 2 aromatic carbocycles. The van der Waals surface area contributed by atoms with Gasteiger partial charge in [-0.3, -0.25) is 9.59 Å². The largest absolute Gasteiger partial charge is 0.489 e. The monoisotopic (exact) mass is 336 g/mol. The van der Waals surface area contributed by atoms with Gasteiger partial charge in [0.25, 0.3) is 5.24 Å². The summed E-state index contributed by atoms with van der Waals surface area (Å²) < 4.78 is 5.66. The summed E-state index contributed by atoms with van der Waals surface area (Å²) in [5.41, 5.74) is 2.19. The number of carbonyl (C=O) groups excluding carboxylic acids is 2. The highest BCUT2D eigenvalue weighted by atomic mass is 35.5. The van der Waals surface area contributed by atoms with Crippen LogP contribution in [0.2, 0.25) is 0 Å². The van der Waals surface area contributed by atoms with Crippen LogP contribution in [0.3, 0.4) is 0 Å². The van der Waals surface area contributed by atoms with Crippen LogP contribution in [-0.4, -0.2) is 10.5 Å². The van der Waals surface area contributed by atoms with Crippen LogP contribution in [0, 0.1) is 0 Å². The molecule has 2 aromatic rings. The molecule has 0 saturated heterocycles. The van der Waals surface area contributed by atoms with E-state index in [-0.39, 0.29) is 11.8 Å². The second-order valence-corrected chi connectivity index (χ2v) is 5.48. The van der Waals surface area contributed by atoms with Crippen molar-refractivity contribution in [1.29, 1.82) is 0 Å². The Morgan fingerprint density at radius 3 is 2.27 bits per heavy atom. The van der Waals surface area contributed by atoms with Gasteiger partial charge in [0.05, 0.1) is 0 Å². The highest BCUT2D eigenvalue weighted by Gasteiger charge is 2.08. The first-order chi connectivity index (χ1) is 10.6. The fraction of sp³-hybridized carbons (Fsp3) is 0.176. The van der Waals surface area contributed by atoms with Crippen LogP contribution in [0.1, 0.15) is 27.9 Å². The van der Waals surface area contributed by atoms with Gasteiger partial charge in [0.2, 0.25) is 5.24 Å². The van der Waals surface area contributed by atoms with Gasteiger partial charge in [0.15, 0.2) is 0 Å². The van der Waals surface area contributed by atoms with Crippen molar-refractivity contribution in [2.45, 2.75) is 19.4 Å². The zero-order valence-corrected chi connectivity index (χ0v) is 13.2. The second kappa shape index (κ2) is 7.97. The van der Waals surface area contributed by atoms with Gasteiger partial charge < -0.3 is 4.74 Å². The molecule has 0 fully saturated rings. The summed E-state index contributed by atoms with van der Waals surface area (Å²) in [5, 5.41) is -0.844. The molecule has 0 atom stereocenters. The zero-order chi connectivity index (χ0) is 15.9. The van der Waals surface area contributed by atoms with Crippen molar-refractivity contribution >= 4 is 33.7 Å². The number of ether oxygens (including phenoxy) is 1. The normalized spacial score (nSPS) is 10.3. The Balaban J connectivity index is 1.97. The Hall–Kier alpha value is -1.84. The van der Waals surface area contributed by atoms with Crippen LogP contribution in [0.15, 0.2) is 48.5 Å². The van der Waals surface area contributed by atoms with Gasteiger partial charge in [-0.25, -0.2) is 0 Å². The van der Waals surface area contributed by atoms with Crippen LogP contribution in [0.4, 0.5) is 0 Å². The zero-order valence-electron chi connectivity index (χ0n) is 11.7. The minimum absolute atomic E-state index is 0.258. The van der Waals surface area contributed by atoms with Crippen molar-refractivity contribution in [3.63, 3.8) is 0 Å². The minimum atomic E-state index is -0.500. The molecule has 0 unspecified atom stereocenters. The number of rotatable bonds is 7. The molecule has 114 valence electrons. The topological polar surface area (TPSA) is 43.4 Å². The maximum atomic E-state index is 11.3. The van der Waals surface area contributed by atoms with E-state index >= 15 is 0 Å². The Kier molecular flexibility index (Phi) is 5.99. The SMILES string of the molecule is O=C(Cl)CCc1ccc(OCc2ccccc2C(=O)Cl)cc1. The van der Waals surface area contributed by atoms with E-state index < -0.39 is 5.24 Å². The fourth-order valence-electron chi connectivity index (χ4n) is 1.99. The molecule has 0 aliphatic rings. The Bertz CT molecular complexity index is 666. The molecule has 5 heteroatoms. The predicted molar refractivity (Wildman–Crippen MR) is 86.6 cm³/mol. The number of halogens is 2. The molecule has 0 spiro atoms. The van der Waals surface area contributed by atoms with Gasteiger partial charge in [-0.05, 0) is 53.4 Å². The molecular formula is C17H14Cl2O3. The van der Waals surface area contributed by atoms with Crippen LogP contribution in [0.5, 0.6) is 5.75 Å². The number of hydrogen-bond acceptors (Lipinski definition) is 3. The summed E-state index contributed by atoms with van der Waals surface area (Å²) >= 11 is 10.9. The van der Waals surface area contributed by atoms with Gasteiger partial charge in [-0.2, -0.15) is 0 Å². The molecule has 22 heavy (non-hydrogen) atoms. The lowest BCUT2D eigenvalue weighted by Gasteiger charge is -2.09. The first kappa shape index (κ1) is 16.5.